The summed E-state index contributed by atoms with van der Waals surface area (Å²) in [6.07, 6.45) is 3.43. The lowest BCUT2D eigenvalue weighted by molar-refractivity contribution is 0.386. The number of nitrogens with two attached hydrogens (primary N) is 3. The van der Waals surface area contributed by atoms with Gasteiger partial charge in [0.1, 0.15) is 0 Å². The van der Waals surface area contributed by atoms with Crippen LogP contribution < -0.4 is 21.3 Å². The van der Waals surface area contributed by atoms with Crippen molar-refractivity contribution in [2.45, 2.75) is 25.2 Å². The number of aliphatic hydroxyl groups is 2. The SMILES string of the molecule is C.C=CC(C)c1cnc(-c2ccccc2S(N)(=O)=O)c(-c2ccc(OC)c(F)c2)c1.NC(O)=S.NC(O)=S.O. The van der Waals surface area contributed by atoms with E-state index < -0.39 is 26.2 Å². The van der Waals surface area contributed by atoms with Crippen molar-refractivity contribution < 1.29 is 33.2 Å². The maximum atomic E-state index is 14.4. The lowest BCUT2D eigenvalue weighted by atomic mass is 9.94. The lowest BCUT2D eigenvalue weighted by Gasteiger charge is -2.16. The standard InChI is InChI=1S/C22H21FN2O3S.2CH3NOS.CH4.H2O/c1-4-14(2)16-11-18(15-9-10-20(28-3)19(23)12-15)22(25-13-16)17-7-5-6-8-21(17)29(24,26)27;2*2-1(3)4;;/h4-14H,1H2,2-3H3,(H2,24,26,27);2*(H3,2,3,4);1H4;1H2. The van der Waals surface area contributed by atoms with E-state index in [4.69, 9.17) is 20.1 Å². The Kier molecular flexibility index (Phi) is 16.3. The number of aromatic nitrogens is 1. The molecule has 0 bridgehead atoms. The summed E-state index contributed by atoms with van der Waals surface area (Å²) in [5.74, 6) is -0.409. The van der Waals surface area contributed by atoms with Crippen molar-refractivity contribution in [3.05, 3.63) is 78.8 Å². The number of benzene rings is 2. The predicted octanol–water partition coefficient (Wildman–Crippen LogP) is 3.89. The molecule has 0 aliphatic carbocycles. The number of hydrogen-bond donors (Lipinski definition) is 5. The van der Waals surface area contributed by atoms with E-state index in [1.165, 1.54) is 25.3 Å². The molecule has 1 atom stereocenters. The third kappa shape index (κ3) is 11.7. The minimum absolute atomic E-state index is 0. The Morgan fingerprint density at radius 1 is 1.10 bits per heavy atom. The van der Waals surface area contributed by atoms with Gasteiger partial charge < -0.3 is 31.9 Å². The van der Waals surface area contributed by atoms with Gasteiger partial charge in [0.05, 0.1) is 17.7 Å². The number of sulfonamides is 1. The molecule has 0 amide bonds. The van der Waals surface area contributed by atoms with Crippen LogP contribution in [0.25, 0.3) is 22.4 Å². The summed E-state index contributed by atoms with van der Waals surface area (Å²) in [6.45, 7) is 5.76. The Morgan fingerprint density at radius 3 is 2.10 bits per heavy atom. The fourth-order valence-electron chi connectivity index (χ4n) is 3.04. The first kappa shape index (κ1) is 37.5. The largest absolute Gasteiger partial charge is 0.494 e. The van der Waals surface area contributed by atoms with Crippen LogP contribution in [-0.4, -0.2) is 46.5 Å². The van der Waals surface area contributed by atoms with E-state index >= 15 is 0 Å². The van der Waals surface area contributed by atoms with Crippen LogP contribution in [0.3, 0.4) is 0 Å². The highest BCUT2D eigenvalue weighted by Gasteiger charge is 2.20. The van der Waals surface area contributed by atoms with Crippen LogP contribution in [0.1, 0.15) is 25.8 Å². The smallest absolute Gasteiger partial charge is 0.251 e. The van der Waals surface area contributed by atoms with Crippen molar-refractivity contribution in [1.82, 2.24) is 4.98 Å². The average molecular weight is 601 g/mol. The van der Waals surface area contributed by atoms with Gasteiger partial charge in [-0.15, -0.1) is 6.58 Å². The normalized spacial score (nSPS) is 10.5. The molecule has 0 saturated carbocycles. The number of pyridine rings is 1. The minimum atomic E-state index is -3.98. The van der Waals surface area contributed by atoms with Gasteiger partial charge in [-0.1, -0.05) is 44.7 Å². The van der Waals surface area contributed by atoms with Crippen molar-refractivity contribution in [3.8, 4) is 28.1 Å². The lowest BCUT2D eigenvalue weighted by Crippen LogP contribution is -2.13. The van der Waals surface area contributed by atoms with Gasteiger partial charge in [0, 0.05) is 23.2 Å². The van der Waals surface area contributed by atoms with E-state index in [2.05, 4.69) is 47.5 Å². The summed E-state index contributed by atoms with van der Waals surface area (Å²) in [4.78, 5) is 4.47. The molecule has 3 aromatic rings. The Balaban J connectivity index is 0. The third-order valence-electron chi connectivity index (χ3n) is 4.70. The number of thiocarbonyl (C=S) groups is 2. The highest BCUT2D eigenvalue weighted by molar-refractivity contribution is 7.89. The second kappa shape index (κ2) is 17.0. The van der Waals surface area contributed by atoms with Crippen LogP contribution in [0.5, 0.6) is 5.75 Å². The Hall–Kier alpha value is -3.69. The zero-order chi connectivity index (χ0) is 28.3. The second-order valence-corrected chi connectivity index (χ2v) is 9.62. The van der Waals surface area contributed by atoms with Crippen molar-refractivity contribution in [2.75, 3.05) is 7.11 Å². The molecular weight excluding hydrogens is 567 g/mol. The van der Waals surface area contributed by atoms with Crippen molar-refractivity contribution in [3.63, 3.8) is 0 Å². The zero-order valence-electron chi connectivity index (χ0n) is 20.5. The molecule has 10 nitrogen and oxygen atoms in total. The quantitative estimate of drug-likeness (QED) is 0.204. The number of rotatable bonds is 6. The Labute approximate surface area is 238 Å². The van der Waals surface area contributed by atoms with E-state index in [1.54, 1.807) is 36.5 Å². The van der Waals surface area contributed by atoms with E-state index in [1.807, 2.05) is 13.0 Å². The predicted molar refractivity (Wildman–Crippen MR) is 161 cm³/mol. The zero-order valence-corrected chi connectivity index (χ0v) is 22.9. The van der Waals surface area contributed by atoms with Crippen LogP contribution in [0.2, 0.25) is 0 Å². The molecule has 39 heavy (non-hydrogen) atoms. The molecule has 1 aromatic heterocycles. The number of hydrogen-bond acceptors (Lipinski definition) is 6. The maximum Gasteiger partial charge on any atom is 0.251 e. The molecule has 0 fully saturated rings. The van der Waals surface area contributed by atoms with E-state index in [0.717, 1.165) is 5.56 Å². The van der Waals surface area contributed by atoms with Crippen LogP contribution >= 0.6 is 24.4 Å². The minimum Gasteiger partial charge on any atom is -0.494 e. The number of allylic oxidation sites excluding steroid dienone is 1. The summed E-state index contributed by atoms with van der Waals surface area (Å²) >= 11 is 7.74. The number of primary sulfonamides is 1. The van der Waals surface area contributed by atoms with Gasteiger partial charge in [0.15, 0.2) is 11.6 Å². The highest BCUT2D eigenvalue weighted by atomic mass is 32.2. The number of methoxy groups -OCH3 is 1. The second-order valence-electron chi connectivity index (χ2n) is 7.26. The molecule has 3 rings (SSSR count). The van der Waals surface area contributed by atoms with Crippen LogP contribution in [-0.2, 0) is 10.0 Å². The fourth-order valence-corrected chi connectivity index (χ4v) is 3.78. The Bertz CT molecular complexity index is 1370. The molecule has 1 unspecified atom stereocenters. The molecule has 14 heteroatoms. The van der Waals surface area contributed by atoms with Gasteiger partial charge in [-0.2, -0.15) is 0 Å². The summed E-state index contributed by atoms with van der Waals surface area (Å²) in [5.41, 5.74) is 11.5. The van der Waals surface area contributed by atoms with Crippen molar-refractivity contribution in [2.24, 2.45) is 16.6 Å². The van der Waals surface area contributed by atoms with Crippen LogP contribution in [0, 0.1) is 5.82 Å². The van der Waals surface area contributed by atoms with E-state index in [9.17, 15) is 12.8 Å². The molecule has 1 heterocycles. The van der Waals surface area contributed by atoms with Gasteiger partial charge in [-0.05, 0) is 59.8 Å². The molecule has 214 valence electrons. The first-order chi connectivity index (χ1) is 17.2. The molecule has 0 spiro atoms. The topological polar surface area (TPSA) is 206 Å². The fraction of sp³-hybridized carbons (Fsp3) is 0.160. The van der Waals surface area contributed by atoms with Gasteiger partial charge in [-0.25, -0.2) is 17.9 Å². The van der Waals surface area contributed by atoms with E-state index in [-0.39, 0.29) is 29.5 Å². The molecule has 2 aromatic carbocycles. The molecule has 0 radical (unpaired) electrons. The van der Waals surface area contributed by atoms with Crippen molar-refractivity contribution >= 4 is 44.8 Å². The van der Waals surface area contributed by atoms with Gasteiger partial charge >= 0.3 is 0 Å². The van der Waals surface area contributed by atoms with Gasteiger partial charge in [0.25, 0.3) is 10.3 Å². The third-order valence-corrected chi connectivity index (χ3v) is 5.67. The number of nitrogens with zero attached hydrogens (tertiary/aromatic N) is 1. The average Bonchev–Trinajstić information content (AvgIpc) is 2.82. The van der Waals surface area contributed by atoms with Crippen LogP contribution in [0.15, 0.2) is 72.3 Å². The van der Waals surface area contributed by atoms with Gasteiger partial charge in [0.2, 0.25) is 10.0 Å². The number of ether oxygens (including phenoxy) is 1. The number of halogens is 1. The van der Waals surface area contributed by atoms with Gasteiger partial charge in [-0.3, -0.25) is 4.98 Å². The molecule has 10 N–H and O–H groups in total. The number of aliphatic hydroxyl groups excluding tert-OH is 2. The maximum absolute atomic E-state index is 14.4. The van der Waals surface area contributed by atoms with Crippen LogP contribution in [0.4, 0.5) is 4.39 Å². The van der Waals surface area contributed by atoms with E-state index in [0.29, 0.717) is 22.4 Å². The summed E-state index contributed by atoms with van der Waals surface area (Å²) in [7, 11) is -2.59. The first-order valence-corrected chi connectivity index (χ1v) is 12.6. The summed E-state index contributed by atoms with van der Waals surface area (Å²) in [5, 5.41) is 19.5. The summed E-state index contributed by atoms with van der Waals surface area (Å²) < 4.78 is 43.6. The Morgan fingerprint density at radius 2 is 1.64 bits per heavy atom. The monoisotopic (exact) mass is 600 g/mol. The molecular formula is C25H33FN4O6S3. The highest BCUT2D eigenvalue weighted by Crippen LogP contribution is 2.37. The molecule has 0 aliphatic heterocycles. The molecule has 0 saturated heterocycles. The molecule has 0 aliphatic rings. The first-order valence-electron chi connectivity index (χ1n) is 10.3. The summed E-state index contributed by atoms with van der Waals surface area (Å²) in [6, 6.07) is 12.7. The van der Waals surface area contributed by atoms with Crippen molar-refractivity contribution in [1.29, 1.82) is 0 Å².